The van der Waals surface area contributed by atoms with E-state index in [4.69, 9.17) is 5.73 Å². The van der Waals surface area contributed by atoms with Crippen LogP contribution < -0.4 is 5.73 Å². The Kier molecular flexibility index (Phi) is 5.05. The standard InChI is InChI=1S/C18H29FN2/c1-13(20)17(14-6-5-7-15(19)12-14)21(4)16-8-10-18(2,3)11-9-16/h5-7,12-13,16-17H,8-11,20H2,1-4H3. The molecule has 1 saturated carbocycles. The molecule has 1 aromatic carbocycles. The monoisotopic (exact) mass is 292 g/mol. The fraction of sp³-hybridized carbons (Fsp3) is 0.667. The SMILES string of the molecule is CC(N)C(c1cccc(F)c1)N(C)C1CCC(C)(C)CC1. The molecule has 0 saturated heterocycles. The van der Waals surface area contributed by atoms with Crippen LogP contribution in [0.3, 0.4) is 0 Å². The van der Waals surface area contributed by atoms with Crippen LogP contribution in [0.4, 0.5) is 4.39 Å². The van der Waals surface area contributed by atoms with Crippen molar-refractivity contribution in [3.63, 3.8) is 0 Å². The number of hydrogen-bond donors (Lipinski definition) is 1. The van der Waals surface area contributed by atoms with Gasteiger partial charge in [-0.2, -0.15) is 0 Å². The summed E-state index contributed by atoms with van der Waals surface area (Å²) in [6.07, 6.45) is 4.89. The minimum Gasteiger partial charge on any atom is -0.326 e. The fourth-order valence-corrected chi connectivity index (χ4v) is 3.62. The average molecular weight is 292 g/mol. The minimum atomic E-state index is -0.184. The first-order chi connectivity index (χ1) is 9.80. The number of hydrogen-bond acceptors (Lipinski definition) is 2. The van der Waals surface area contributed by atoms with E-state index in [9.17, 15) is 4.39 Å². The molecule has 2 unspecified atom stereocenters. The molecule has 118 valence electrons. The normalized spacial score (nSPS) is 22.2. The summed E-state index contributed by atoms with van der Waals surface area (Å²) in [5, 5.41) is 0. The van der Waals surface area contributed by atoms with E-state index in [1.165, 1.54) is 31.7 Å². The summed E-state index contributed by atoms with van der Waals surface area (Å²) >= 11 is 0. The highest BCUT2D eigenvalue weighted by Crippen LogP contribution is 2.39. The lowest BCUT2D eigenvalue weighted by Gasteiger charge is -2.43. The molecule has 2 nitrogen and oxygen atoms in total. The second-order valence-corrected chi connectivity index (χ2v) is 7.42. The number of benzene rings is 1. The Morgan fingerprint density at radius 3 is 2.43 bits per heavy atom. The molecular weight excluding hydrogens is 263 g/mol. The first-order valence-corrected chi connectivity index (χ1v) is 8.03. The van der Waals surface area contributed by atoms with Crippen LogP contribution in [0, 0.1) is 11.2 Å². The maximum atomic E-state index is 13.5. The number of halogens is 1. The van der Waals surface area contributed by atoms with Gasteiger partial charge < -0.3 is 5.73 Å². The van der Waals surface area contributed by atoms with Gasteiger partial charge in [-0.05, 0) is 62.8 Å². The van der Waals surface area contributed by atoms with Crippen molar-refractivity contribution < 1.29 is 4.39 Å². The lowest BCUT2D eigenvalue weighted by Crippen LogP contribution is -2.45. The van der Waals surface area contributed by atoms with Crippen molar-refractivity contribution >= 4 is 0 Å². The van der Waals surface area contributed by atoms with Gasteiger partial charge in [0.15, 0.2) is 0 Å². The molecule has 0 aliphatic heterocycles. The van der Waals surface area contributed by atoms with E-state index in [-0.39, 0.29) is 17.9 Å². The Bertz CT molecular complexity index is 460. The molecule has 1 aliphatic carbocycles. The van der Waals surface area contributed by atoms with Gasteiger partial charge in [-0.3, -0.25) is 4.90 Å². The summed E-state index contributed by atoms with van der Waals surface area (Å²) in [6.45, 7) is 6.70. The van der Waals surface area contributed by atoms with Crippen LogP contribution in [0.2, 0.25) is 0 Å². The van der Waals surface area contributed by atoms with Crippen molar-refractivity contribution in [3.8, 4) is 0 Å². The van der Waals surface area contributed by atoms with Crippen LogP contribution >= 0.6 is 0 Å². The molecule has 2 rings (SSSR count). The number of rotatable bonds is 4. The molecule has 3 heteroatoms. The Labute approximate surface area is 128 Å². The highest BCUT2D eigenvalue weighted by molar-refractivity contribution is 5.22. The molecule has 0 heterocycles. The third-order valence-corrected chi connectivity index (χ3v) is 5.01. The van der Waals surface area contributed by atoms with Crippen LogP contribution in [0.5, 0.6) is 0 Å². The maximum Gasteiger partial charge on any atom is 0.123 e. The molecule has 2 atom stereocenters. The van der Waals surface area contributed by atoms with Crippen molar-refractivity contribution in [2.75, 3.05) is 7.05 Å². The molecule has 1 fully saturated rings. The molecule has 1 aliphatic rings. The van der Waals surface area contributed by atoms with Crippen LogP contribution in [0.25, 0.3) is 0 Å². The van der Waals surface area contributed by atoms with Crippen LogP contribution in [0.1, 0.15) is 58.1 Å². The predicted octanol–water partition coefficient (Wildman–Crippen LogP) is 4.11. The zero-order chi connectivity index (χ0) is 15.6. The van der Waals surface area contributed by atoms with E-state index in [1.54, 1.807) is 12.1 Å². The second kappa shape index (κ2) is 6.45. The highest BCUT2D eigenvalue weighted by atomic mass is 19.1. The first kappa shape index (κ1) is 16.4. The van der Waals surface area contributed by atoms with Gasteiger partial charge >= 0.3 is 0 Å². The van der Waals surface area contributed by atoms with E-state index < -0.39 is 0 Å². The van der Waals surface area contributed by atoms with Crippen molar-refractivity contribution in [2.45, 2.75) is 64.6 Å². The van der Waals surface area contributed by atoms with Gasteiger partial charge in [0.25, 0.3) is 0 Å². The lowest BCUT2D eigenvalue weighted by molar-refractivity contribution is 0.0855. The topological polar surface area (TPSA) is 29.3 Å². The minimum absolute atomic E-state index is 0.0215. The van der Waals surface area contributed by atoms with Gasteiger partial charge in [-0.15, -0.1) is 0 Å². The molecule has 0 bridgehead atoms. The van der Waals surface area contributed by atoms with E-state index in [1.807, 2.05) is 13.0 Å². The third-order valence-electron chi connectivity index (χ3n) is 5.01. The zero-order valence-corrected chi connectivity index (χ0v) is 13.8. The second-order valence-electron chi connectivity index (χ2n) is 7.42. The number of likely N-dealkylation sites (N-methyl/N-ethyl adjacent to an activating group) is 1. The molecule has 0 amide bonds. The molecule has 2 N–H and O–H groups in total. The van der Waals surface area contributed by atoms with Crippen molar-refractivity contribution in [3.05, 3.63) is 35.6 Å². The predicted molar refractivity (Wildman–Crippen MR) is 86.6 cm³/mol. The Morgan fingerprint density at radius 2 is 1.90 bits per heavy atom. The van der Waals surface area contributed by atoms with E-state index in [0.29, 0.717) is 11.5 Å². The zero-order valence-electron chi connectivity index (χ0n) is 13.8. The first-order valence-electron chi connectivity index (χ1n) is 8.03. The Balaban J connectivity index is 2.15. The van der Waals surface area contributed by atoms with E-state index in [2.05, 4.69) is 25.8 Å². The molecule has 21 heavy (non-hydrogen) atoms. The number of nitrogens with two attached hydrogens (primary N) is 1. The fourth-order valence-electron chi connectivity index (χ4n) is 3.62. The summed E-state index contributed by atoms with van der Waals surface area (Å²) in [7, 11) is 2.14. The van der Waals surface area contributed by atoms with Crippen LogP contribution in [-0.2, 0) is 0 Å². The van der Waals surface area contributed by atoms with Crippen LogP contribution in [0.15, 0.2) is 24.3 Å². The Morgan fingerprint density at radius 1 is 1.29 bits per heavy atom. The average Bonchev–Trinajstić information content (AvgIpc) is 2.38. The third kappa shape index (κ3) is 4.04. The molecular formula is C18H29FN2. The lowest BCUT2D eigenvalue weighted by atomic mass is 9.75. The Hall–Kier alpha value is -0.930. The van der Waals surface area contributed by atoms with Gasteiger partial charge in [-0.25, -0.2) is 4.39 Å². The summed E-state index contributed by atoms with van der Waals surface area (Å²) in [5.41, 5.74) is 7.66. The number of nitrogens with zero attached hydrogens (tertiary/aromatic N) is 1. The molecule has 1 aromatic rings. The van der Waals surface area contributed by atoms with Crippen molar-refractivity contribution in [2.24, 2.45) is 11.1 Å². The summed E-state index contributed by atoms with van der Waals surface area (Å²) in [5.74, 6) is -0.184. The summed E-state index contributed by atoms with van der Waals surface area (Å²) in [4.78, 5) is 2.37. The summed E-state index contributed by atoms with van der Waals surface area (Å²) < 4.78 is 13.5. The van der Waals surface area contributed by atoms with Gasteiger partial charge in [0.1, 0.15) is 5.82 Å². The smallest absolute Gasteiger partial charge is 0.123 e. The van der Waals surface area contributed by atoms with E-state index >= 15 is 0 Å². The quantitative estimate of drug-likeness (QED) is 0.904. The summed E-state index contributed by atoms with van der Waals surface area (Å²) in [6, 6.07) is 7.47. The van der Waals surface area contributed by atoms with E-state index in [0.717, 1.165) is 5.56 Å². The van der Waals surface area contributed by atoms with Gasteiger partial charge in [0.2, 0.25) is 0 Å². The van der Waals surface area contributed by atoms with Gasteiger partial charge in [0, 0.05) is 18.1 Å². The molecule has 0 radical (unpaired) electrons. The van der Waals surface area contributed by atoms with Crippen molar-refractivity contribution in [1.82, 2.24) is 4.90 Å². The largest absolute Gasteiger partial charge is 0.326 e. The molecule has 0 aromatic heterocycles. The highest BCUT2D eigenvalue weighted by Gasteiger charge is 2.33. The molecule has 0 spiro atoms. The maximum absolute atomic E-state index is 13.5. The van der Waals surface area contributed by atoms with Gasteiger partial charge in [-0.1, -0.05) is 26.0 Å². The van der Waals surface area contributed by atoms with Crippen LogP contribution in [-0.4, -0.2) is 24.0 Å². The van der Waals surface area contributed by atoms with Crippen molar-refractivity contribution in [1.29, 1.82) is 0 Å². The van der Waals surface area contributed by atoms with Gasteiger partial charge in [0.05, 0.1) is 0 Å².